The summed E-state index contributed by atoms with van der Waals surface area (Å²) in [6, 6.07) is 26.9. The Morgan fingerprint density at radius 2 is 1.50 bits per heavy atom. The van der Waals surface area contributed by atoms with E-state index in [1.165, 1.54) is 35.2 Å². The van der Waals surface area contributed by atoms with Gasteiger partial charge in [0.15, 0.2) is 0 Å². The Morgan fingerprint density at radius 1 is 0.806 bits per heavy atom. The topological polar surface area (TPSA) is 83.6 Å². The number of amides is 2. The van der Waals surface area contributed by atoms with Crippen molar-refractivity contribution in [2.45, 2.75) is 22.9 Å². The first-order chi connectivity index (χ1) is 17.3. The Morgan fingerprint density at radius 3 is 2.25 bits per heavy atom. The molecule has 0 atom stereocenters. The zero-order valence-electron chi connectivity index (χ0n) is 19.0. The maximum absolute atomic E-state index is 13.7. The Balaban J connectivity index is 1.59. The van der Waals surface area contributed by atoms with Gasteiger partial charge >= 0.3 is 0 Å². The number of rotatable bonds is 5. The molecule has 5 rings (SSSR count). The van der Waals surface area contributed by atoms with Crippen LogP contribution >= 0.6 is 11.6 Å². The summed E-state index contributed by atoms with van der Waals surface area (Å²) in [6.45, 7) is 0.413. The van der Waals surface area contributed by atoms with Crippen molar-refractivity contribution < 1.29 is 18.0 Å². The second-order valence-corrected chi connectivity index (χ2v) is 10.7. The fraction of sp³-hybridized carbons (Fsp3) is 0.0714. The van der Waals surface area contributed by atoms with E-state index in [4.69, 9.17) is 11.6 Å². The van der Waals surface area contributed by atoms with Crippen LogP contribution in [0.5, 0.6) is 0 Å². The van der Waals surface area contributed by atoms with E-state index in [-0.39, 0.29) is 39.1 Å². The van der Waals surface area contributed by atoms with Crippen molar-refractivity contribution >= 4 is 38.9 Å². The van der Waals surface area contributed by atoms with Crippen molar-refractivity contribution in [2.75, 3.05) is 4.90 Å². The average Bonchev–Trinajstić information content (AvgIpc) is 2.97. The molecule has 6 nitrogen and oxygen atoms in total. The zero-order chi connectivity index (χ0) is 25.3. The fourth-order valence-corrected chi connectivity index (χ4v) is 5.91. The van der Waals surface area contributed by atoms with E-state index < -0.39 is 15.7 Å². The smallest absolute Gasteiger partial charge is 0.259 e. The van der Waals surface area contributed by atoms with E-state index in [9.17, 15) is 18.0 Å². The van der Waals surface area contributed by atoms with Gasteiger partial charge in [-0.15, -0.1) is 0 Å². The Labute approximate surface area is 214 Å². The van der Waals surface area contributed by atoms with Crippen molar-refractivity contribution in [3.05, 3.63) is 124 Å². The predicted molar refractivity (Wildman–Crippen MR) is 138 cm³/mol. The molecule has 0 saturated heterocycles. The molecule has 0 unspecified atom stereocenters. The molecule has 0 fully saturated rings. The highest BCUT2D eigenvalue weighted by Crippen LogP contribution is 2.38. The summed E-state index contributed by atoms with van der Waals surface area (Å²) in [4.78, 5) is 28.0. The molecule has 0 bridgehead atoms. The minimum atomic E-state index is -4.02. The van der Waals surface area contributed by atoms with Gasteiger partial charge < -0.3 is 10.2 Å². The third-order valence-corrected chi connectivity index (χ3v) is 8.11. The van der Waals surface area contributed by atoms with Gasteiger partial charge in [-0.05, 0) is 53.6 Å². The summed E-state index contributed by atoms with van der Waals surface area (Å²) < 4.78 is 27.2. The first-order valence-corrected chi connectivity index (χ1v) is 13.1. The molecule has 4 aromatic carbocycles. The normalized spacial score (nSPS) is 13.9. The van der Waals surface area contributed by atoms with Gasteiger partial charge in [0, 0.05) is 17.1 Å². The van der Waals surface area contributed by atoms with Crippen LogP contribution < -0.4 is 10.2 Å². The molecule has 1 aliphatic rings. The number of nitrogens with zero attached hydrogens (tertiary/aromatic N) is 1. The average molecular weight is 517 g/mol. The number of nitrogens with one attached hydrogen (secondary N) is 1. The summed E-state index contributed by atoms with van der Waals surface area (Å²) in [7, 11) is -4.02. The second-order valence-electron chi connectivity index (χ2n) is 8.37. The molecule has 36 heavy (non-hydrogen) atoms. The third kappa shape index (κ3) is 4.51. The van der Waals surface area contributed by atoms with E-state index in [1.807, 2.05) is 30.3 Å². The summed E-state index contributed by atoms with van der Waals surface area (Å²) in [5.74, 6) is -0.843. The van der Waals surface area contributed by atoms with Gasteiger partial charge in [-0.1, -0.05) is 66.2 Å². The molecule has 180 valence electrons. The maximum atomic E-state index is 13.7. The van der Waals surface area contributed by atoms with Gasteiger partial charge in [-0.25, -0.2) is 8.42 Å². The highest BCUT2D eigenvalue weighted by Gasteiger charge is 2.36. The number of halogens is 1. The van der Waals surface area contributed by atoms with Crippen molar-refractivity contribution in [3.8, 4) is 0 Å². The lowest BCUT2D eigenvalue weighted by Gasteiger charge is -2.23. The van der Waals surface area contributed by atoms with Crippen molar-refractivity contribution in [2.24, 2.45) is 0 Å². The Hall–Kier alpha value is -3.94. The van der Waals surface area contributed by atoms with E-state index >= 15 is 0 Å². The quantitative estimate of drug-likeness (QED) is 0.392. The van der Waals surface area contributed by atoms with Crippen LogP contribution in [0, 0.1) is 0 Å². The molecule has 1 heterocycles. The number of anilines is 1. The van der Waals surface area contributed by atoms with Crippen LogP contribution in [0.25, 0.3) is 0 Å². The Bertz CT molecular complexity index is 1570. The molecule has 0 spiro atoms. The number of sulfone groups is 1. The minimum Gasteiger partial charge on any atom is -0.348 e. The standard InChI is InChI=1S/C28H21ClN2O4S/c29-22-13-10-20(11-14-22)18-31-24-16-21(27(32)30-17-19-6-2-1-3-7-19)12-15-26(24)36(34,35)25-9-5-4-8-23(25)28(31)33/h1-16H,17-18H2,(H,30,32). The second kappa shape index (κ2) is 9.60. The van der Waals surface area contributed by atoms with Crippen LogP contribution in [0.3, 0.4) is 0 Å². The number of carbonyl (C=O) groups excluding carboxylic acids is 2. The first kappa shape index (κ1) is 23.8. The molecule has 4 aromatic rings. The summed E-state index contributed by atoms with van der Waals surface area (Å²) in [5, 5.41) is 3.40. The number of hydrogen-bond donors (Lipinski definition) is 1. The summed E-state index contributed by atoms with van der Waals surface area (Å²) in [5.41, 5.74) is 2.17. The van der Waals surface area contributed by atoms with E-state index in [2.05, 4.69) is 5.32 Å². The van der Waals surface area contributed by atoms with E-state index in [0.29, 0.717) is 11.6 Å². The predicted octanol–water partition coefficient (Wildman–Crippen LogP) is 5.26. The van der Waals surface area contributed by atoms with Crippen molar-refractivity contribution in [1.29, 1.82) is 0 Å². The van der Waals surface area contributed by atoms with Crippen LogP contribution in [0.1, 0.15) is 31.8 Å². The van der Waals surface area contributed by atoms with Crippen LogP contribution in [0.4, 0.5) is 5.69 Å². The monoisotopic (exact) mass is 516 g/mol. The molecule has 1 aliphatic heterocycles. The van der Waals surface area contributed by atoms with Crippen LogP contribution in [-0.4, -0.2) is 20.2 Å². The molecule has 1 N–H and O–H groups in total. The summed E-state index contributed by atoms with van der Waals surface area (Å²) >= 11 is 6.02. The van der Waals surface area contributed by atoms with Gasteiger partial charge in [0.05, 0.1) is 27.6 Å². The van der Waals surface area contributed by atoms with Crippen LogP contribution in [0.15, 0.2) is 107 Å². The van der Waals surface area contributed by atoms with Gasteiger partial charge in [-0.3, -0.25) is 9.59 Å². The molecule has 2 amide bonds. The first-order valence-electron chi connectivity index (χ1n) is 11.2. The molecular formula is C28H21ClN2O4S. The van der Waals surface area contributed by atoms with Gasteiger partial charge in [0.1, 0.15) is 0 Å². The van der Waals surface area contributed by atoms with Crippen molar-refractivity contribution in [1.82, 2.24) is 5.32 Å². The van der Waals surface area contributed by atoms with Gasteiger partial charge in [0.2, 0.25) is 9.84 Å². The van der Waals surface area contributed by atoms with E-state index in [0.717, 1.165) is 11.1 Å². The SMILES string of the molecule is O=C(NCc1ccccc1)c1ccc2c(c1)N(Cc1ccc(Cl)cc1)C(=O)c1ccccc1S2(=O)=O. The third-order valence-electron chi connectivity index (χ3n) is 6.00. The van der Waals surface area contributed by atoms with Crippen molar-refractivity contribution in [3.63, 3.8) is 0 Å². The molecule has 0 saturated carbocycles. The number of carbonyl (C=O) groups is 2. The highest BCUT2D eigenvalue weighted by atomic mass is 35.5. The maximum Gasteiger partial charge on any atom is 0.259 e. The highest BCUT2D eigenvalue weighted by molar-refractivity contribution is 7.91. The molecular weight excluding hydrogens is 496 g/mol. The number of fused-ring (bicyclic) bond motifs is 2. The lowest BCUT2D eigenvalue weighted by molar-refractivity contribution is 0.0947. The molecule has 0 aliphatic carbocycles. The van der Waals surface area contributed by atoms with E-state index in [1.54, 1.807) is 36.4 Å². The lowest BCUT2D eigenvalue weighted by Crippen LogP contribution is -2.31. The number of hydrogen-bond acceptors (Lipinski definition) is 4. The Kier molecular flexibility index (Phi) is 6.35. The zero-order valence-corrected chi connectivity index (χ0v) is 20.6. The minimum absolute atomic E-state index is 0.0330. The van der Waals surface area contributed by atoms with Crippen LogP contribution in [0.2, 0.25) is 5.02 Å². The van der Waals surface area contributed by atoms with Gasteiger partial charge in [0.25, 0.3) is 11.8 Å². The molecule has 0 radical (unpaired) electrons. The largest absolute Gasteiger partial charge is 0.348 e. The van der Waals surface area contributed by atoms with Gasteiger partial charge in [-0.2, -0.15) is 0 Å². The van der Waals surface area contributed by atoms with Crippen LogP contribution in [-0.2, 0) is 22.9 Å². The lowest BCUT2D eigenvalue weighted by atomic mass is 10.1. The summed E-state index contributed by atoms with van der Waals surface area (Å²) in [6.07, 6.45) is 0. The number of benzene rings is 4. The fourth-order valence-electron chi connectivity index (χ4n) is 4.16. The molecule has 8 heteroatoms. The molecule has 0 aromatic heterocycles.